The summed E-state index contributed by atoms with van der Waals surface area (Å²) in [4.78, 5) is 4.89. The van der Waals surface area contributed by atoms with Crippen molar-refractivity contribution in [3.05, 3.63) is 331 Å². The number of nitrogens with zero attached hydrogens (tertiary/aromatic N) is 5. The van der Waals surface area contributed by atoms with Crippen molar-refractivity contribution in [2.75, 3.05) is 9.80 Å². The molecule has 0 aliphatic carbocycles. The third-order valence-corrected chi connectivity index (χ3v) is 23.3. The molecule has 16 aromatic rings. The van der Waals surface area contributed by atoms with Crippen molar-refractivity contribution < 1.29 is 6.85 Å². The van der Waals surface area contributed by atoms with Crippen LogP contribution in [0.5, 0.6) is 0 Å². The van der Waals surface area contributed by atoms with Crippen molar-refractivity contribution in [2.45, 2.75) is 131 Å². The Kier molecular flexibility index (Phi) is 15.2. The Labute approximate surface area is 662 Å². The smallest absolute Gasteiger partial charge is 0.252 e. The molecule has 0 radical (unpaired) electrons. The van der Waals surface area contributed by atoms with E-state index in [0.29, 0.717) is 22.5 Å². The normalized spacial score (nSPS) is 13.7. The summed E-state index contributed by atoms with van der Waals surface area (Å²) >= 11 is 0. The summed E-state index contributed by atoms with van der Waals surface area (Å²) in [6.45, 7) is 33.9. The van der Waals surface area contributed by atoms with Gasteiger partial charge in [-0.25, -0.2) is 0 Å². The minimum Gasteiger partial charge on any atom is -0.310 e. The molecule has 0 bridgehead atoms. The second-order valence-corrected chi connectivity index (χ2v) is 35.8. The molecule has 2 aliphatic heterocycles. The van der Waals surface area contributed by atoms with Crippen molar-refractivity contribution in [3.8, 4) is 73.1 Å². The standard InChI is InChI=1S/C105H94BN5/c1-101(2,3)75-44-50-92-86(59-75)87-60-76(102(4,5)6)45-51-93(87)109(92)81-47-49-89-96(64-81)111(100-84(68-34-23-18-24-35-68)61-79(105(13,14)15)62-85(100)71-37-29-36-69(52-71)66-30-19-16-20-31-66)98-57-74(73-53-77(103(7,8)9)58-78(54-73)104(10,11)12)56-97-99(98)106(89)88-48-43-70(67-32-21-17-22-33-67)55-95(88)110(97)94-63-80(46-42-72(94)65-107)108-90-40-27-25-38-82(90)83-39-26-28-41-91(83)108/h16-64H,1-15H3/i17D,21D,22D,32D,33D. The second-order valence-electron chi connectivity index (χ2n) is 35.8. The third-order valence-electron chi connectivity index (χ3n) is 23.3. The Hall–Kier alpha value is -12.2. The van der Waals surface area contributed by atoms with Gasteiger partial charge in [0, 0.05) is 66.8 Å². The van der Waals surface area contributed by atoms with Crippen molar-refractivity contribution >= 4 is 101 Å². The van der Waals surface area contributed by atoms with Crippen molar-refractivity contribution in [1.82, 2.24) is 9.13 Å². The highest BCUT2D eigenvalue weighted by atomic mass is 15.2. The molecule has 4 heterocycles. The number of benzene rings is 14. The van der Waals surface area contributed by atoms with Gasteiger partial charge in [-0.15, -0.1) is 0 Å². The Morgan fingerprint density at radius 2 is 0.730 bits per heavy atom. The average Bonchev–Trinajstić information content (AvgIpc) is 0.701. The lowest BCUT2D eigenvalue weighted by Crippen LogP contribution is -2.61. The van der Waals surface area contributed by atoms with E-state index in [0.717, 1.165) is 128 Å². The Balaban J connectivity index is 1.05. The first kappa shape index (κ1) is 64.8. The maximum absolute atomic E-state index is 12.1. The van der Waals surface area contributed by atoms with E-state index >= 15 is 0 Å². The lowest BCUT2D eigenvalue weighted by Gasteiger charge is -2.46. The Morgan fingerprint density at radius 1 is 0.297 bits per heavy atom. The van der Waals surface area contributed by atoms with Gasteiger partial charge in [-0.1, -0.05) is 298 Å². The van der Waals surface area contributed by atoms with Crippen LogP contribution in [-0.4, -0.2) is 15.8 Å². The average molecular weight is 1440 g/mol. The number of hydrogen-bond acceptors (Lipinski definition) is 3. The van der Waals surface area contributed by atoms with Gasteiger partial charge >= 0.3 is 0 Å². The van der Waals surface area contributed by atoms with Gasteiger partial charge in [0.25, 0.3) is 6.71 Å². The van der Waals surface area contributed by atoms with Crippen molar-refractivity contribution in [3.63, 3.8) is 0 Å². The summed E-state index contributed by atoms with van der Waals surface area (Å²) < 4.78 is 51.4. The van der Waals surface area contributed by atoms with Crippen LogP contribution >= 0.6 is 0 Å². The Morgan fingerprint density at radius 3 is 1.29 bits per heavy atom. The monoisotopic (exact) mass is 1440 g/mol. The topological polar surface area (TPSA) is 40.1 Å². The molecule has 18 rings (SSSR count). The van der Waals surface area contributed by atoms with Gasteiger partial charge in [0.15, 0.2) is 0 Å². The zero-order valence-corrected chi connectivity index (χ0v) is 66.2. The number of aromatic nitrogens is 2. The van der Waals surface area contributed by atoms with Gasteiger partial charge in [-0.2, -0.15) is 5.26 Å². The van der Waals surface area contributed by atoms with E-state index < -0.39 is 24.8 Å². The third kappa shape index (κ3) is 12.1. The molecule has 0 amide bonds. The number of para-hydroxylation sites is 2. The Bertz CT molecular complexity index is 6640. The summed E-state index contributed by atoms with van der Waals surface area (Å²) in [5.41, 5.74) is 28.1. The highest BCUT2D eigenvalue weighted by Crippen LogP contribution is 2.55. The number of nitriles is 1. The minimum atomic E-state index is -0.535. The van der Waals surface area contributed by atoms with E-state index in [2.05, 4.69) is 378 Å². The van der Waals surface area contributed by atoms with Crippen LogP contribution in [0.2, 0.25) is 0 Å². The van der Waals surface area contributed by atoms with Crippen LogP contribution in [0, 0.1) is 11.3 Å². The van der Waals surface area contributed by atoms with E-state index in [1.54, 1.807) is 0 Å². The molecule has 2 aliphatic rings. The molecule has 0 spiro atoms. The second kappa shape index (κ2) is 26.0. The molecular formula is C105H94BN5. The fraction of sp³-hybridized carbons (Fsp3) is 0.190. The van der Waals surface area contributed by atoms with Crippen LogP contribution < -0.4 is 26.2 Å². The summed E-state index contributed by atoms with van der Waals surface area (Å²) in [7, 11) is 0. The lowest BCUT2D eigenvalue weighted by molar-refractivity contribution is 0.569. The quantitative estimate of drug-likeness (QED) is 0.135. The van der Waals surface area contributed by atoms with Gasteiger partial charge in [0.2, 0.25) is 0 Å². The van der Waals surface area contributed by atoms with E-state index in [4.69, 9.17) is 1.37 Å². The molecule has 0 unspecified atom stereocenters. The molecule has 111 heavy (non-hydrogen) atoms. The number of fused-ring (bicyclic) bond motifs is 10. The predicted molar refractivity (Wildman–Crippen MR) is 475 cm³/mol. The van der Waals surface area contributed by atoms with E-state index in [1.807, 2.05) is 18.2 Å². The van der Waals surface area contributed by atoms with Crippen molar-refractivity contribution in [1.29, 1.82) is 5.26 Å². The molecule has 0 saturated heterocycles. The van der Waals surface area contributed by atoms with E-state index in [1.165, 1.54) is 38.6 Å². The lowest BCUT2D eigenvalue weighted by atomic mass is 9.33. The van der Waals surface area contributed by atoms with Crippen LogP contribution in [0.3, 0.4) is 0 Å². The number of anilines is 6. The van der Waals surface area contributed by atoms with Crippen LogP contribution in [0.15, 0.2) is 297 Å². The molecular weight excluding hydrogens is 1340 g/mol. The largest absolute Gasteiger partial charge is 0.310 e. The molecule has 0 atom stereocenters. The van der Waals surface area contributed by atoms with Gasteiger partial charge < -0.3 is 18.9 Å². The minimum absolute atomic E-state index is 0.0820. The fourth-order valence-corrected chi connectivity index (χ4v) is 17.2. The fourth-order valence-electron chi connectivity index (χ4n) is 17.2. The van der Waals surface area contributed by atoms with Crippen LogP contribution in [0.4, 0.5) is 34.1 Å². The molecule has 542 valence electrons. The maximum atomic E-state index is 12.1. The molecule has 6 heteroatoms. The van der Waals surface area contributed by atoms with Crippen molar-refractivity contribution in [2.24, 2.45) is 0 Å². The first-order valence-electron chi connectivity index (χ1n) is 41.6. The molecule has 14 aromatic carbocycles. The van der Waals surface area contributed by atoms with E-state index in [9.17, 15) is 10.7 Å². The summed E-state index contributed by atoms with van der Waals surface area (Å²) in [6, 6.07) is 98.8. The SMILES string of the molecule is [2H]c1c([2H])c([2H])c(-c2ccc3c(c2)N(c2cc(-n4c5ccccc5c5ccccc54)ccc2C#N)c2cc(-c4cc(C(C)(C)C)cc(C(C)(C)C)c4)cc4c2B3c2ccc(-n3c5ccc(C(C)(C)C)cc5c5cc(C(C)(C)C)ccc53)cc2N4c2c(-c3ccccc3)cc(C(C)(C)C)cc2-c2cccc(-c3ccccc3)c2)c([2H])c1[2H]. The summed E-state index contributed by atoms with van der Waals surface area (Å²) in [5.74, 6) is 0. The van der Waals surface area contributed by atoms with Crippen LogP contribution in [0.1, 0.15) is 144 Å². The van der Waals surface area contributed by atoms with Gasteiger partial charge in [0.1, 0.15) is 6.07 Å². The molecule has 5 nitrogen and oxygen atoms in total. The summed E-state index contributed by atoms with van der Waals surface area (Å²) in [5, 5.41) is 16.7. The number of rotatable bonds is 9. The molecule has 0 fully saturated rings. The first-order valence-corrected chi connectivity index (χ1v) is 39.1. The molecule has 0 saturated carbocycles. The van der Waals surface area contributed by atoms with Gasteiger partial charge in [0.05, 0.1) is 45.9 Å². The van der Waals surface area contributed by atoms with Crippen LogP contribution in [0.25, 0.3) is 111 Å². The highest BCUT2D eigenvalue weighted by Gasteiger charge is 2.46. The van der Waals surface area contributed by atoms with Gasteiger partial charge in [-0.3, -0.25) is 0 Å². The summed E-state index contributed by atoms with van der Waals surface area (Å²) in [6.07, 6.45) is 0. The van der Waals surface area contributed by atoms with Crippen LogP contribution in [-0.2, 0) is 27.1 Å². The predicted octanol–water partition coefficient (Wildman–Crippen LogP) is 26.7. The highest BCUT2D eigenvalue weighted by molar-refractivity contribution is 7.00. The zero-order chi connectivity index (χ0) is 81.3. The first-order chi connectivity index (χ1) is 55.2. The van der Waals surface area contributed by atoms with E-state index in [-0.39, 0.29) is 44.7 Å². The van der Waals surface area contributed by atoms with Gasteiger partial charge in [-0.05, 0) is 219 Å². The molecule has 2 aromatic heterocycles. The number of hydrogen-bond donors (Lipinski definition) is 0. The molecule has 0 N–H and O–H groups in total. The maximum Gasteiger partial charge on any atom is 0.252 e. The zero-order valence-electron chi connectivity index (χ0n) is 71.2.